The molecular formula is C19H23F2NO5. The molecule has 1 atom stereocenters. The summed E-state index contributed by atoms with van der Waals surface area (Å²) in [5, 5.41) is 0. The number of halogens is 2. The highest BCUT2D eigenvalue weighted by molar-refractivity contribution is 5.92. The molecule has 0 unspecified atom stereocenters. The number of carbonyl (C=O) groups is 2. The summed E-state index contributed by atoms with van der Waals surface area (Å²) in [6, 6.07) is 4.40. The van der Waals surface area contributed by atoms with Crippen molar-refractivity contribution in [3.05, 3.63) is 29.8 Å². The van der Waals surface area contributed by atoms with Gasteiger partial charge in [-0.05, 0) is 43.5 Å². The van der Waals surface area contributed by atoms with Crippen LogP contribution in [-0.2, 0) is 14.3 Å². The first-order valence-corrected chi connectivity index (χ1v) is 8.71. The number of ether oxygens (including phenoxy) is 3. The summed E-state index contributed by atoms with van der Waals surface area (Å²) in [4.78, 5) is 25.9. The van der Waals surface area contributed by atoms with Crippen LogP contribution in [0.5, 0.6) is 11.5 Å². The van der Waals surface area contributed by atoms with E-state index in [9.17, 15) is 18.4 Å². The fourth-order valence-corrected chi connectivity index (χ4v) is 2.88. The number of amides is 1. The number of carbonyl (C=O) groups excluding carboxylic acids is 2. The van der Waals surface area contributed by atoms with Gasteiger partial charge in [0, 0.05) is 19.2 Å². The minimum atomic E-state index is -2.95. The lowest BCUT2D eigenvalue weighted by Crippen LogP contribution is -2.42. The summed E-state index contributed by atoms with van der Waals surface area (Å²) in [7, 11) is 1.34. The van der Waals surface area contributed by atoms with Crippen LogP contribution in [0.3, 0.4) is 0 Å². The van der Waals surface area contributed by atoms with Gasteiger partial charge in [0.1, 0.15) is 0 Å². The molecule has 1 saturated heterocycles. The Kier molecular flexibility index (Phi) is 7.57. The number of benzene rings is 1. The van der Waals surface area contributed by atoms with Crippen LogP contribution in [0.15, 0.2) is 24.3 Å². The van der Waals surface area contributed by atoms with Gasteiger partial charge in [-0.3, -0.25) is 9.59 Å². The number of methoxy groups -OCH3 is 1. The van der Waals surface area contributed by atoms with E-state index in [0.29, 0.717) is 31.7 Å². The van der Waals surface area contributed by atoms with Crippen LogP contribution in [0.2, 0.25) is 0 Å². The molecule has 1 heterocycles. The third kappa shape index (κ3) is 5.94. The molecule has 148 valence electrons. The standard InChI is InChI=1S/C19H23F2NO5/c1-3-26-18(24)14-5-4-10-22(12-14)17(23)9-7-13-6-8-15(27-19(20)21)16(11-13)25-2/h6-9,11,14,19H,3-5,10,12H2,1-2H3/b9-7-/t14-/m1/s1. The van der Waals surface area contributed by atoms with Crippen LogP contribution in [-0.4, -0.2) is 50.2 Å². The van der Waals surface area contributed by atoms with Gasteiger partial charge in [-0.1, -0.05) is 6.07 Å². The lowest BCUT2D eigenvalue weighted by Gasteiger charge is -2.30. The number of hydrogen-bond acceptors (Lipinski definition) is 5. The molecule has 0 bridgehead atoms. The van der Waals surface area contributed by atoms with Crippen LogP contribution in [0.25, 0.3) is 6.08 Å². The molecule has 0 aromatic heterocycles. The molecule has 0 saturated carbocycles. The van der Waals surface area contributed by atoms with E-state index in [1.54, 1.807) is 24.0 Å². The Morgan fingerprint density at radius 3 is 2.78 bits per heavy atom. The Morgan fingerprint density at radius 2 is 2.11 bits per heavy atom. The fraction of sp³-hybridized carbons (Fsp3) is 0.474. The summed E-state index contributed by atoms with van der Waals surface area (Å²) >= 11 is 0. The normalized spacial score (nSPS) is 17.2. The minimum absolute atomic E-state index is 0.0794. The number of nitrogens with zero attached hydrogens (tertiary/aromatic N) is 1. The van der Waals surface area contributed by atoms with Crippen molar-refractivity contribution >= 4 is 18.0 Å². The Bertz CT molecular complexity index is 693. The van der Waals surface area contributed by atoms with Gasteiger partial charge in [0.05, 0.1) is 19.6 Å². The van der Waals surface area contributed by atoms with Crippen LogP contribution < -0.4 is 9.47 Å². The topological polar surface area (TPSA) is 65.1 Å². The van der Waals surface area contributed by atoms with E-state index < -0.39 is 6.61 Å². The van der Waals surface area contributed by atoms with Crippen molar-refractivity contribution in [1.29, 1.82) is 0 Å². The van der Waals surface area contributed by atoms with Gasteiger partial charge in [-0.2, -0.15) is 8.78 Å². The molecule has 6 nitrogen and oxygen atoms in total. The van der Waals surface area contributed by atoms with Crippen LogP contribution in [0.1, 0.15) is 25.3 Å². The summed E-state index contributed by atoms with van der Waals surface area (Å²) < 4.78 is 39.1. The van der Waals surface area contributed by atoms with E-state index in [2.05, 4.69) is 4.74 Å². The second-order valence-electron chi connectivity index (χ2n) is 6.00. The molecule has 2 rings (SSSR count). The van der Waals surface area contributed by atoms with Crippen LogP contribution in [0.4, 0.5) is 8.78 Å². The van der Waals surface area contributed by atoms with Gasteiger partial charge in [-0.15, -0.1) is 0 Å². The molecule has 0 spiro atoms. The lowest BCUT2D eigenvalue weighted by molar-refractivity contribution is -0.150. The fourth-order valence-electron chi connectivity index (χ4n) is 2.88. The van der Waals surface area contributed by atoms with Crippen molar-refractivity contribution in [2.75, 3.05) is 26.8 Å². The smallest absolute Gasteiger partial charge is 0.387 e. The first-order valence-electron chi connectivity index (χ1n) is 8.71. The average Bonchev–Trinajstić information content (AvgIpc) is 2.66. The van der Waals surface area contributed by atoms with Crippen LogP contribution in [0, 0.1) is 5.92 Å². The van der Waals surface area contributed by atoms with Crippen molar-refractivity contribution < 1.29 is 32.6 Å². The Balaban J connectivity index is 2.02. The largest absolute Gasteiger partial charge is 0.493 e. The van der Waals surface area contributed by atoms with Gasteiger partial charge in [0.15, 0.2) is 11.5 Å². The van der Waals surface area contributed by atoms with E-state index in [4.69, 9.17) is 9.47 Å². The predicted octanol–water partition coefficient (Wildman–Crippen LogP) is 3.11. The molecule has 1 amide bonds. The van der Waals surface area contributed by atoms with Crippen molar-refractivity contribution in [2.45, 2.75) is 26.4 Å². The van der Waals surface area contributed by atoms with Crippen molar-refractivity contribution in [2.24, 2.45) is 5.92 Å². The third-order valence-corrected chi connectivity index (χ3v) is 4.18. The molecule has 0 N–H and O–H groups in total. The number of hydrogen-bond donors (Lipinski definition) is 0. The molecule has 0 aliphatic carbocycles. The zero-order chi connectivity index (χ0) is 19.8. The van der Waals surface area contributed by atoms with Gasteiger partial charge in [-0.25, -0.2) is 0 Å². The Labute approximate surface area is 156 Å². The quantitative estimate of drug-likeness (QED) is 0.535. The summed E-state index contributed by atoms with van der Waals surface area (Å²) in [6.07, 6.45) is 4.38. The third-order valence-electron chi connectivity index (χ3n) is 4.18. The summed E-state index contributed by atoms with van der Waals surface area (Å²) in [5.74, 6) is -0.745. The molecular weight excluding hydrogens is 360 g/mol. The molecule has 27 heavy (non-hydrogen) atoms. The number of alkyl halides is 2. The second kappa shape index (κ2) is 9.89. The molecule has 0 radical (unpaired) electrons. The van der Waals surface area contributed by atoms with Gasteiger partial charge < -0.3 is 19.1 Å². The number of rotatable bonds is 7. The van der Waals surface area contributed by atoms with Gasteiger partial charge >= 0.3 is 12.6 Å². The number of likely N-dealkylation sites (tertiary alicyclic amines) is 1. The molecule has 1 aromatic carbocycles. The number of esters is 1. The average molecular weight is 383 g/mol. The van der Waals surface area contributed by atoms with Crippen molar-refractivity contribution in [3.8, 4) is 11.5 Å². The summed E-state index contributed by atoms with van der Waals surface area (Å²) in [6.45, 7) is 0.0123. The van der Waals surface area contributed by atoms with E-state index in [1.165, 1.54) is 25.3 Å². The highest BCUT2D eigenvalue weighted by Crippen LogP contribution is 2.30. The van der Waals surface area contributed by atoms with E-state index in [1.807, 2.05) is 0 Å². The summed E-state index contributed by atoms with van der Waals surface area (Å²) in [5.41, 5.74) is 0.598. The maximum atomic E-state index is 12.4. The van der Waals surface area contributed by atoms with E-state index in [-0.39, 0.29) is 29.3 Å². The zero-order valence-electron chi connectivity index (χ0n) is 15.3. The molecule has 1 aromatic rings. The van der Waals surface area contributed by atoms with E-state index >= 15 is 0 Å². The van der Waals surface area contributed by atoms with E-state index in [0.717, 1.165) is 6.42 Å². The first-order chi connectivity index (χ1) is 12.9. The lowest BCUT2D eigenvalue weighted by atomic mass is 9.98. The monoisotopic (exact) mass is 383 g/mol. The maximum absolute atomic E-state index is 12.4. The second-order valence-corrected chi connectivity index (χ2v) is 6.00. The first kappa shape index (κ1) is 20.7. The number of piperidine rings is 1. The predicted molar refractivity (Wildman–Crippen MR) is 94.6 cm³/mol. The SMILES string of the molecule is CCOC(=O)[C@@H]1CCCN(C(=O)/C=C\c2ccc(OC(F)F)c(OC)c2)C1. The molecule has 8 heteroatoms. The van der Waals surface area contributed by atoms with Gasteiger partial charge in [0.25, 0.3) is 0 Å². The molecule has 1 aliphatic rings. The minimum Gasteiger partial charge on any atom is -0.493 e. The zero-order valence-corrected chi connectivity index (χ0v) is 15.3. The van der Waals surface area contributed by atoms with Gasteiger partial charge in [0.2, 0.25) is 5.91 Å². The van der Waals surface area contributed by atoms with Crippen molar-refractivity contribution in [3.63, 3.8) is 0 Å². The Morgan fingerprint density at radius 1 is 1.33 bits per heavy atom. The highest BCUT2D eigenvalue weighted by Gasteiger charge is 2.28. The maximum Gasteiger partial charge on any atom is 0.387 e. The molecule has 1 aliphatic heterocycles. The Hall–Kier alpha value is -2.64. The van der Waals surface area contributed by atoms with Crippen LogP contribution >= 0.6 is 0 Å². The molecule has 1 fully saturated rings. The van der Waals surface area contributed by atoms with Crippen molar-refractivity contribution in [1.82, 2.24) is 4.90 Å². The highest BCUT2D eigenvalue weighted by atomic mass is 19.3.